The van der Waals surface area contributed by atoms with Gasteiger partial charge in [-0.25, -0.2) is 14.4 Å². The van der Waals surface area contributed by atoms with Gasteiger partial charge in [0, 0.05) is 43.8 Å². The van der Waals surface area contributed by atoms with E-state index in [2.05, 4.69) is 14.9 Å². The summed E-state index contributed by atoms with van der Waals surface area (Å²) in [6, 6.07) is 14.7. The van der Waals surface area contributed by atoms with Crippen LogP contribution in [0.3, 0.4) is 0 Å². The monoisotopic (exact) mass is 431 g/mol. The maximum absolute atomic E-state index is 14.9. The molecule has 1 fully saturated rings. The zero-order chi connectivity index (χ0) is 22.1. The number of hydrogen-bond donors (Lipinski definition) is 0. The van der Waals surface area contributed by atoms with E-state index in [4.69, 9.17) is 9.15 Å². The molecular formula is C25H22FN3O3. The van der Waals surface area contributed by atoms with Crippen LogP contribution >= 0.6 is 0 Å². The molecule has 0 saturated carbocycles. The van der Waals surface area contributed by atoms with Crippen LogP contribution in [0.1, 0.15) is 17.0 Å². The third kappa shape index (κ3) is 4.11. The van der Waals surface area contributed by atoms with Gasteiger partial charge in [-0.3, -0.25) is 9.69 Å². The van der Waals surface area contributed by atoms with Crippen LogP contribution in [0.25, 0.3) is 22.3 Å². The lowest BCUT2D eigenvalue weighted by molar-refractivity contribution is -0.151. The van der Waals surface area contributed by atoms with Crippen molar-refractivity contribution in [1.82, 2.24) is 14.9 Å². The third-order valence-corrected chi connectivity index (χ3v) is 5.76. The van der Waals surface area contributed by atoms with Crippen molar-refractivity contribution < 1.29 is 18.3 Å². The predicted octanol–water partition coefficient (Wildman–Crippen LogP) is 4.22. The summed E-state index contributed by atoms with van der Waals surface area (Å²) in [5.41, 5.74) is 3.05. The smallest absolute Gasteiger partial charge is 0.311 e. The molecule has 0 radical (unpaired) electrons. The van der Waals surface area contributed by atoms with E-state index in [1.165, 1.54) is 13.2 Å². The van der Waals surface area contributed by atoms with Gasteiger partial charge >= 0.3 is 5.97 Å². The molecule has 4 aromatic rings. The summed E-state index contributed by atoms with van der Waals surface area (Å²) < 4.78 is 25.6. The molecule has 0 bridgehead atoms. The van der Waals surface area contributed by atoms with Gasteiger partial charge in [0.1, 0.15) is 23.0 Å². The molecule has 0 atom stereocenters. The fourth-order valence-electron chi connectivity index (χ4n) is 4.07. The second-order valence-electron chi connectivity index (χ2n) is 8.05. The van der Waals surface area contributed by atoms with E-state index >= 15 is 0 Å². The molecule has 32 heavy (non-hydrogen) atoms. The number of hydrogen-bond acceptors (Lipinski definition) is 6. The number of benzene rings is 2. The predicted molar refractivity (Wildman–Crippen MR) is 117 cm³/mol. The van der Waals surface area contributed by atoms with Crippen LogP contribution in [0.2, 0.25) is 0 Å². The van der Waals surface area contributed by atoms with E-state index in [0.29, 0.717) is 43.0 Å². The number of methoxy groups -OCH3 is 1. The maximum atomic E-state index is 14.9. The highest BCUT2D eigenvalue weighted by atomic mass is 19.1. The minimum atomic E-state index is -0.329. The minimum Gasteiger partial charge on any atom is -0.469 e. The van der Waals surface area contributed by atoms with Crippen LogP contribution in [0, 0.1) is 11.7 Å². The van der Waals surface area contributed by atoms with Crippen LogP contribution in [0.4, 0.5) is 4.39 Å². The number of fused-ring (bicyclic) bond motifs is 1. The standard InChI is InChI=1S/C25H22FN3O3/c1-31-25(30)19-14-29(15-19)13-17-3-5-20(21(26)10-17)23-12-18-9-16(4-6-22(18)32-23)11-24-27-7-2-8-28-24/h2-10,12,19H,11,13-15H2,1H3. The van der Waals surface area contributed by atoms with Crippen molar-refractivity contribution in [3.05, 3.63) is 83.7 Å². The van der Waals surface area contributed by atoms with Gasteiger partial charge in [0.25, 0.3) is 0 Å². The Morgan fingerprint density at radius 2 is 1.91 bits per heavy atom. The summed E-state index contributed by atoms with van der Waals surface area (Å²) in [5, 5.41) is 0.909. The van der Waals surface area contributed by atoms with E-state index in [1.54, 1.807) is 24.5 Å². The van der Waals surface area contributed by atoms with Gasteiger partial charge < -0.3 is 9.15 Å². The van der Waals surface area contributed by atoms with Crippen molar-refractivity contribution in [1.29, 1.82) is 0 Å². The Morgan fingerprint density at radius 3 is 2.66 bits per heavy atom. The van der Waals surface area contributed by atoms with Crippen LogP contribution in [0.5, 0.6) is 0 Å². The van der Waals surface area contributed by atoms with E-state index in [0.717, 1.165) is 22.3 Å². The molecule has 0 N–H and O–H groups in total. The first-order chi connectivity index (χ1) is 15.6. The number of carbonyl (C=O) groups is 1. The number of rotatable bonds is 6. The van der Waals surface area contributed by atoms with Crippen molar-refractivity contribution in [3.63, 3.8) is 0 Å². The van der Waals surface area contributed by atoms with Crippen molar-refractivity contribution >= 4 is 16.9 Å². The summed E-state index contributed by atoms with van der Waals surface area (Å²) >= 11 is 0. The highest BCUT2D eigenvalue weighted by Gasteiger charge is 2.33. The van der Waals surface area contributed by atoms with Crippen molar-refractivity contribution in [2.45, 2.75) is 13.0 Å². The summed E-state index contributed by atoms with van der Waals surface area (Å²) in [6.45, 7) is 1.86. The Morgan fingerprint density at radius 1 is 1.12 bits per heavy atom. The molecule has 2 aromatic heterocycles. The Hall–Kier alpha value is -3.58. The van der Waals surface area contributed by atoms with Gasteiger partial charge in [-0.1, -0.05) is 12.1 Å². The number of esters is 1. The zero-order valence-corrected chi connectivity index (χ0v) is 17.6. The molecule has 0 spiro atoms. The molecule has 0 aliphatic carbocycles. The summed E-state index contributed by atoms with van der Waals surface area (Å²) in [5.74, 6) is 0.638. The molecule has 2 aromatic carbocycles. The van der Waals surface area contributed by atoms with Crippen LogP contribution in [-0.4, -0.2) is 41.0 Å². The number of likely N-dealkylation sites (tertiary alicyclic amines) is 1. The highest BCUT2D eigenvalue weighted by Crippen LogP contribution is 2.31. The molecule has 7 heteroatoms. The molecule has 3 heterocycles. The van der Waals surface area contributed by atoms with Gasteiger partial charge in [-0.2, -0.15) is 0 Å². The average molecular weight is 431 g/mol. The number of ether oxygens (including phenoxy) is 1. The topological polar surface area (TPSA) is 68.5 Å². The molecular weight excluding hydrogens is 409 g/mol. The van der Waals surface area contributed by atoms with E-state index < -0.39 is 0 Å². The van der Waals surface area contributed by atoms with Gasteiger partial charge in [0.2, 0.25) is 0 Å². The third-order valence-electron chi connectivity index (χ3n) is 5.76. The number of furan rings is 1. The highest BCUT2D eigenvalue weighted by molar-refractivity contribution is 5.83. The van der Waals surface area contributed by atoms with Gasteiger partial charge in [-0.05, 0) is 47.5 Å². The number of halogens is 1. The number of carbonyl (C=O) groups excluding carboxylic acids is 1. The number of aromatic nitrogens is 2. The molecule has 1 aliphatic rings. The van der Waals surface area contributed by atoms with Crippen molar-refractivity contribution in [2.75, 3.05) is 20.2 Å². The van der Waals surface area contributed by atoms with Crippen LogP contribution in [0.15, 0.2) is 65.3 Å². The number of nitrogens with zero attached hydrogens (tertiary/aromatic N) is 3. The first-order valence-electron chi connectivity index (χ1n) is 10.5. The van der Waals surface area contributed by atoms with E-state index in [1.807, 2.05) is 30.3 Å². The summed E-state index contributed by atoms with van der Waals surface area (Å²) in [6.07, 6.45) is 4.07. The fourth-order valence-corrected chi connectivity index (χ4v) is 4.07. The second kappa shape index (κ2) is 8.51. The normalized spacial score (nSPS) is 14.4. The summed E-state index contributed by atoms with van der Waals surface area (Å²) in [4.78, 5) is 22.1. The second-order valence-corrected chi connectivity index (χ2v) is 8.05. The van der Waals surface area contributed by atoms with Crippen molar-refractivity contribution in [2.24, 2.45) is 5.92 Å². The molecule has 162 valence electrons. The van der Waals surface area contributed by atoms with E-state index in [9.17, 15) is 9.18 Å². The molecule has 5 rings (SSSR count). The molecule has 1 aliphatic heterocycles. The van der Waals surface area contributed by atoms with Gasteiger partial charge in [0.05, 0.1) is 18.6 Å². The Labute approximate surface area is 184 Å². The molecule has 0 amide bonds. The first kappa shape index (κ1) is 20.3. The largest absolute Gasteiger partial charge is 0.469 e. The van der Waals surface area contributed by atoms with Crippen LogP contribution < -0.4 is 0 Å². The fraction of sp³-hybridized carbons (Fsp3) is 0.240. The average Bonchev–Trinajstić information content (AvgIpc) is 3.19. The van der Waals surface area contributed by atoms with Gasteiger partial charge in [-0.15, -0.1) is 0 Å². The zero-order valence-electron chi connectivity index (χ0n) is 17.6. The lowest BCUT2D eigenvalue weighted by atomic mass is 9.99. The van der Waals surface area contributed by atoms with Crippen LogP contribution in [-0.2, 0) is 22.5 Å². The molecule has 1 saturated heterocycles. The lowest BCUT2D eigenvalue weighted by Crippen LogP contribution is -2.49. The molecule has 0 unspecified atom stereocenters. The Kier molecular flexibility index (Phi) is 5.41. The maximum Gasteiger partial charge on any atom is 0.311 e. The molecule has 6 nitrogen and oxygen atoms in total. The Bertz CT molecular complexity index is 1270. The summed E-state index contributed by atoms with van der Waals surface area (Å²) in [7, 11) is 1.40. The van der Waals surface area contributed by atoms with E-state index in [-0.39, 0.29) is 17.7 Å². The quantitative estimate of drug-likeness (QED) is 0.426. The Balaban J connectivity index is 1.31. The SMILES string of the molecule is COC(=O)C1CN(Cc2ccc(-c3cc4cc(Cc5ncccn5)ccc4o3)c(F)c2)C1. The first-order valence-corrected chi connectivity index (χ1v) is 10.5. The minimum absolute atomic E-state index is 0.0852. The van der Waals surface area contributed by atoms with Crippen molar-refractivity contribution in [3.8, 4) is 11.3 Å². The lowest BCUT2D eigenvalue weighted by Gasteiger charge is -2.37. The van der Waals surface area contributed by atoms with Gasteiger partial charge in [0.15, 0.2) is 0 Å².